The molecule has 41 heavy (non-hydrogen) atoms. The van der Waals surface area contributed by atoms with Crippen LogP contribution in [0.3, 0.4) is 0 Å². The summed E-state index contributed by atoms with van der Waals surface area (Å²) in [7, 11) is 0. The lowest BCUT2D eigenvalue weighted by atomic mass is 9.99. The first-order chi connectivity index (χ1) is 20.3. The van der Waals surface area contributed by atoms with E-state index in [2.05, 4.69) is 108 Å². The number of rotatable bonds is 4. The molecular weight excluding hydrogens is 520 g/mol. The third-order valence-corrected chi connectivity index (χ3v) is 9.02. The van der Waals surface area contributed by atoms with Crippen molar-refractivity contribution in [3.05, 3.63) is 156 Å². The number of fused-ring (bicyclic) bond motifs is 5. The molecule has 5 heteroatoms. The van der Waals surface area contributed by atoms with Crippen LogP contribution in [0.25, 0.3) is 21.5 Å². The third kappa shape index (κ3) is 4.35. The van der Waals surface area contributed by atoms with Crippen LogP contribution >= 0.6 is 11.8 Å². The number of hydrogen-bond acceptors (Lipinski definition) is 5. The number of hydrogen-bond donors (Lipinski definition) is 2. The van der Waals surface area contributed by atoms with Crippen molar-refractivity contribution in [1.29, 1.82) is 0 Å². The van der Waals surface area contributed by atoms with Crippen molar-refractivity contribution in [2.45, 2.75) is 16.4 Å². The van der Waals surface area contributed by atoms with Crippen LogP contribution in [0.5, 0.6) is 0 Å². The van der Waals surface area contributed by atoms with E-state index in [9.17, 15) is 0 Å². The molecule has 4 nitrogen and oxygen atoms in total. The molecule has 2 unspecified atom stereocenters. The molecule has 0 spiro atoms. The van der Waals surface area contributed by atoms with Crippen LogP contribution in [0.2, 0.25) is 0 Å². The summed E-state index contributed by atoms with van der Waals surface area (Å²) in [6.45, 7) is 0. The highest BCUT2D eigenvalue weighted by molar-refractivity contribution is 8.00. The number of amidine groups is 2. The van der Waals surface area contributed by atoms with E-state index in [-0.39, 0.29) is 11.5 Å². The highest BCUT2D eigenvalue weighted by Crippen LogP contribution is 2.51. The topological polar surface area (TPSA) is 48.8 Å². The lowest BCUT2D eigenvalue weighted by molar-refractivity contribution is 0.756. The highest BCUT2D eigenvalue weighted by Gasteiger charge is 2.26. The smallest absolute Gasteiger partial charge is 0.169 e. The summed E-state index contributed by atoms with van der Waals surface area (Å²) >= 11 is 1.90. The van der Waals surface area contributed by atoms with Crippen LogP contribution in [0, 0.1) is 0 Å². The molecule has 2 atom stereocenters. The van der Waals surface area contributed by atoms with E-state index >= 15 is 0 Å². The maximum Gasteiger partial charge on any atom is 0.169 e. The zero-order chi connectivity index (χ0) is 27.2. The Morgan fingerprint density at radius 3 is 1.95 bits per heavy atom. The van der Waals surface area contributed by atoms with Crippen molar-refractivity contribution < 1.29 is 0 Å². The van der Waals surface area contributed by atoms with Gasteiger partial charge in [-0.25, -0.2) is 9.98 Å². The largest absolute Gasteiger partial charge is 0.368 e. The molecular formula is C36H26N4S. The fraction of sp³-hybridized carbons (Fsp3) is 0.0556. The zero-order valence-corrected chi connectivity index (χ0v) is 23.0. The number of nitrogens with one attached hydrogen (secondary N) is 2. The van der Waals surface area contributed by atoms with Gasteiger partial charge in [-0.1, -0.05) is 133 Å². The Hall–Kier alpha value is -4.87. The van der Waals surface area contributed by atoms with E-state index in [1.807, 2.05) is 48.2 Å². The van der Waals surface area contributed by atoms with Crippen molar-refractivity contribution >= 4 is 50.7 Å². The number of aliphatic imine (C=N–C) groups is 2. The summed E-state index contributed by atoms with van der Waals surface area (Å²) in [5, 5.41) is 12.5. The zero-order valence-electron chi connectivity index (χ0n) is 22.2. The van der Waals surface area contributed by atoms with Crippen LogP contribution in [0.1, 0.15) is 33.8 Å². The Bertz CT molecular complexity index is 1970. The SMILES string of the molecule is c1ccc(C2=NC(c3ccccc3)N=C(c3ccc4c(ccc5ccc6c(c54)SC(c4ccccc4)N6)c3)N2)cc1. The van der Waals surface area contributed by atoms with Gasteiger partial charge in [-0.05, 0) is 39.4 Å². The van der Waals surface area contributed by atoms with Gasteiger partial charge in [-0.3, -0.25) is 0 Å². The normalized spacial score (nSPS) is 17.9. The molecule has 0 radical (unpaired) electrons. The van der Waals surface area contributed by atoms with E-state index in [0.29, 0.717) is 0 Å². The van der Waals surface area contributed by atoms with Crippen molar-refractivity contribution in [1.82, 2.24) is 5.32 Å². The monoisotopic (exact) mass is 546 g/mol. The summed E-state index contributed by atoms with van der Waals surface area (Å²) in [6, 6.07) is 46.8. The number of anilines is 1. The molecule has 2 heterocycles. The lowest BCUT2D eigenvalue weighted by Crippen LogP contribution is -2.36. The summed E-state index contributed by atoms with van der Waals surface area (Å²) < 4.78 is 0. The minimum absolute atomic E-state index is 0.206. The van der Waals surface area contributed by atoms with Crippen LogP contribution in [0.15, 0.2) is 148 Å². The van der Waals surface area contributed by atoms with Gasteiger partial charge >= 0.3 is 0 Å². The van der Waals surface area contributed by atoms with Gasteiger partial charge in [0.1, 0.15) is 17.0 Å². The van der Waals surface area contributed by atoms with Gasteiger partial charge in [0.15, 0.2) is 6.17 Å². The Labute approximate surface area is 242 Å². The average Bonchev–Trinajstić information content (AvgIpc) is 3.50. The van der Waals surface area contributed by atoms with Gasteiger partial charge in [0.05, 0.1) is 0 Å². The molecule has 6 aromatic carbocycles. The van der Waals surface area contributed by atoms with Gasteiger partial charge < -0.3 is 10.6 Å². The van der Waals surface area contributed by atoms with E-state index < -0.39 is 0 Å². The minimum Gasteiger partial charge on any atom is -0.368 e. The molecule has 0 saturated heterocycles. The Kier molecular flexibility index (Phi) is 5.82. The quantitative estimate of drug-likeness (QED) is 0.217. The third-order valence-electron chi connectivity index (χ3n) is 7.74. The molecule has 6 aromatic rings. The second-order valence-electron chi connectivity index (χ2n) is 10.3. The van der Waals surface area contributed by atoms with Crippen molar-refractivity contribution in [3.63, 3.8) is 0 Å². The van der Waals surface area contributed by atoms with Gasteiger partial charge in [0.25, 0.3) is 0 Å². The standard InChI is InChI=1S/C36H26N4S/c1-4-10-24(11-5-1)33-38-34(25-12-6-2-7-13-25)40-35(39-33)28-18-20-29-27(22-28)17-16-23-19-21-30-32(31(23)29)41-36(37-30)26-14-8-3-9-15-26/h1-22,33,36-37H,(H,38,39,40). The Morgan fingerprint density at radius 2 is 1.20 bits per heavy atom. The summed E-state index contributed by atoms with van der Waals surface area (Å²) in [5.74, 6) is 1.66. The second kappa shape index (κ2) is 9.95. The van der Waals surface area contributed by atoms with E-state index in [1.165, 1.54) is 37.7 Å². The van der Waals surface area contributed by atoms with Gasteiger partial charge in [-0.15, -0.1) is 0 Å². The van der Waals surface area contributed by atoms with Gasteiger partial charge in [0, 0.05) is 27.1 Å². The van der Waals surface area contributed by atoms with Crippen molar-refractivity contribution in [2.75, 3.05) is 5.32 Å². The number of nitrogens with zero attached hydrogens (tertiary/aromatic N) is 2. The van der Waals surface area contributed by atoms with Gasteiger partial charge in [0.2, 0.25) is 0 Å². The van der Waals surface area contributed by atoms with Crippen LogP contribution in [-0.4, -0.2) is 11.7 Å². The minimum atomic E-state index is -0.310. The van der Waals surface area contributed by atoms with E-state index in [4.69, 9.17) is 9.98 Å². The van der Waals surface area contributed by atoms with Crippen molar-refractivity contribution in [2.24, 2.45) is 9.98 Å². The maximum absolute atomic E-state index is 5.07. The first-order valence-electron chi connectivity index (χ1n) is 13.8. The molecule has 2 aliphatic heterocycles. The molecule has 8 rings (SSSR count). The molecule has 196 valence electrons. The fourth-order valence-corrected chi connectivity index (χ4v) is 7.00. The molecule has 0 saturated carbocycles. The van der Waals surface area contributed by atoms with E-state index in [1.54, 1.807) is 0 Å². The first kappa shape index (κ1) is 24.0. The second-order valence-corrected chi connectivity index (χ2v) is 11.4. The molecule has 0 aliphatic carbocycles. The number of benzene rings is 6. The van der Waals surface area contributed by atoms with Crippen molar-refractivity contribution in [3.8, 4) is 0 Å². The average molecular weight is 547 g/mol. The van der Waals surface area contributed by atoms with Crippen LogP contribution in [0.4, 0.5) is 5.69 Å². The maximum atomic E-state index is 5.07. The van der Waals surface area contributed by atoms with E-state index in [0.717, 1.165) is 28.4 Å². The molecule has 0 aromatic heterocycles. The molecule has 0 bridgehead atoms. The van der Waals surface area contributed by atoms with Crippen LogP contribution < -0.4 is 10.6 Å². The summed E-state index contributed by atoms with van der Waals surface area (Å²) in [6.07, 6.45) is -0.310. The summed E-state index contributed by atoms with van der Waals surface area (Å²) in [5.41, 5.74) is 5.64. The molecule has 2 N–H and O–H groups in total. The predicted octanol–water partition coefficient (Wildman–Crippen LogP) is 8.70. The lowest BCUT2D eigenvalue weighted by Gasteiger charge is -2.22. The first-order valence-corrected chi connectivity index (χ1v) is 14.7. The summed E-state index contributed by atoms with van der Waals surface area (Å²) in [4.78, 5) is 11.4. The molecule has 2 aliphatic rings. The highest BCUT2D eigenvalue weighted by atomic mass is 32.2. The van der Waals surface area contributed by atoms with Crippen LogP contribution in [-0.2, 0) is 0 Å². The fourth-order valence-electron chi connectivity index (χ4n) is 5.69. The molecule has 0 fully saturated rings. The Balaban J connectivity index is 1.21. The predicted molar refractivity (Wildman–Crippen MR) is 172 cm³/mol. The van der Waals surface area contributed by atoms with Gasteiger partial charge in [-0.2, -0.15) is 0 Å². The number of thioether (sulfide) groups is 1. The Morgan fingerprint density at radius 1 is 0.561 bits per heavy atom. The molecule has 0 amide bonds.